The topological polar surface area (TPSA) is 0 Å². The van der Waals surface area contributed by atoms with Gasteiger partial charge in [0, 0.05) is 4.90 Å². The lowest BCUT2D eigenvalue weighted by atomic mass is 10.4. The highest BCUT2D eigenvalue weighted by molar-refractivity contribution is 7.99. The summed E-state index contributed by atoms with van der Waals surface area (Å²) in [5.41, 5.74) is 0. The maximum atomic E-state index is 12.5. The van der Waals surface area contributed by atoms with Crippen molar-refractivity contribution in [1.82, 2.24) is 0 Å². The van der Waals surface area contributed by atoms with Gasteiger partial charge in [0.1, 0.15) is 0 Å². The maximum absolute atomic E-state index is 12.5. The fourth-order valence-electron chi connectivity index (χ4n) is 0.724. The molecule has 0 aromatic heterocycles. The Morgan fingerprint density at radius 2 is 1.60 bits per heavy atom. The van der Waals surface area contributed by atoms with Gasteiger partial charge in [0.15, 0.2) is 0 Å². The molecule has 0 aliphatic carbocycles. The number of alkyl halides is 5. The molecule has 1 aromatic rings. The summed E-state index contributed by atoms with van der Waals surface area (Å²) >= 11 is 0.464. The van der Waals surface area contributed by atoms with Crippen molar-refractivity contribution in [3.05, 3.63) is 30.3 Å². The van der Waals surface area contributed by atoms with E-state index in [0.717, 1.165) is 0 Å². The first-order valence-corrected chi connectivity index (χ1v) is 4.85. The Hall–Kier alpha value is -0.780. The van der Waals surface area contributed by atoms with Crippen molar-refractivity contribution >= 4 is 11.8 Å². The zero-order chi connectivity index (χ0) is 11.5. The number of hydrogen-bond donors (Lipinski definition) is 0. The van der Waals surface area contributed by atoms with E-state index in [1.807, 2.05) is 0 Å². The van der Waals surface area contributed by atoms with Crippen molar-refractivity contribution in [3.63, 3.8) is 0 Å². The van der Waals surface area contributed by atoms with E-state index in [0.29, 0.717) is 16.7 Å². The Morgan fingerprint density at radius 1 is 1.07 bits per heavy atom. The highest BCUT2D eigenvalue weighted by atomic mass is 32.2. The molecule has 0 saturated heterocycles. The SMILES string of the molecule is FC(F)(F)C(F)(F)CSc1cc[c]cc1. The average molecular weight is 241 g/mol. The van der Waals surface area contributed by atoms with Crippen molar-refractivity contribution in [3.8, 4) is 0 Å². The van der Waals surface area contributed by atoms with Gasteiger partial charge in [-0.05, 0) is 18.2 Å². The lowest BCUT2D eigenvalue weighted by molar-refractivity contribution is -0.271. The van der Waals surface area contributed by atoms with Crippen LogP contribution in [0.5, 0.6) is 0 Å². The molecule has 83 valence electrons. The molecule has 0 saturated carbocycles. The molecule has 0 unspecified atom stereocenters. The van der Waals surface area contributed by atoms with Gasteiger partial charge in [-0.2, -0.15) is 22.0 Å². The lowest BCUT2D eigenvalue weighted by Gasteiger charge is -2.18. The van der Waals surface area contributed by atoms with Gasteiger partial charge in [0.05, 0.1) is 5.75 Å². The largest absolute Gasteiger partial charge is 0.454 e. The lowest BCUT2D eigenvalue weighted by Crippen LogP contribution is -2.38. The van der Waals surface area contributed by atoms with E-state index in [1.54, 1.807) is 0 Å². The van der Waals surface area contributed by atoms with Crippen molar-refractivity contribution in [2.75, 3.05) is 5.75 Å². The molecule has 15 heavy (non-hydrogen) atoms. The molecule has 0 amide bonds. The molecule has 6 heteroatoms. The van der Waals surface area contributed by atoms with E-state index in [1.165, 1.54) is 24.3 Å². The number of halogens is 5. The Morgan fingerprint density at radius 3 is 2.07 bits per heavy atom. The van der Waals surface area contributed by atoms with Crippen LogP contribution in [0, 0.1) is 6.07 Å². The van der Waals surface area contributed by atoms with Gasteiger partial charge in [-0.15, -0.1) is 11.8 Å². The normalized spacial score (nSPS) is 12.9. The van der Waals surface area contributed by atoms with E-state index in [-0.39, 0.29) is 0 Å². The third-order valence-corrected chi connectivity index (χ3v) is 2.63. The van der Waals surface area contributed by atoms with E-state index >= 15 is 0 Å². The molecule has 0 fully saturated rings. The summed E-state index contributed by atoms with van der Waals surface area (Å²) in [6, 6.07) is 8.40. The Bertz CT molecular complexity index is 306. The summed E-state index contributed by atoms with van der Waals surface area (Å²) < 4.78 is 60.2. The second kappa shape index (κ2) is 4.38. The summed E-state index contributed by atoms with van der Waals surface area (Å²) in [7, 11) is 0. The Balaban J connectivity index is 2.58. The molecule has 0 spiro atoms. The number of benzene rings is 1. The van der Waals surface area contributed by atoms with E-state index in [9.17, 15) is 22.0 Å². The minimum absolute atomic E-state index is 0.359. The summed E-state index contributed by atoms with van der Waals surface area (Å²) in [5, 5.41) is 0. The number of rotatable bonds is 3. The van der Waals surface area contributed by atoms with Crippen LogP contribution in [-0.4, -0.2) is 17.9 Å². The second-order valence-electron chi connectivity index (χ2n) is 2.73. The summed E-state index contributed by atoms with van der Waals surface area (Å²) in [5.74, 6) is -5.96. The van der Waals surface area contributed by atoms with Crippen LogP contribution in [0.1, 0.15) is 0 Å². The highest BCUT2D eigenvalue weighted by Crippen LogP contribution is 2.39. The van der Waals surface area contributed by atoms with Crippen molar-refractivity contribution in [1.29, 1.82) is 0 Å². The van der Waals surface area contributed by atoms with E-state index in [4.69, 9.17) is 0 Å². The van der Waals surface area contributed by atoms with Crippen LogP contribution in [0.25, 0.3) is 0 Å². The quantitative estimate of drug-likeness (QED) is 0.573. The van der Waals surface area contributed by atoms with Gasteiger partial charge in [0.2, 0.25) is 0 Å². The molecule has 0 heterocycles. The summed E-state index contributed by atoms with van der Waals surface area (Å²) in [4.78, 5) is 0.359. The van der Waals surface area contributed by atoms with Crippen LogP contribution in [0.15, 0.2) is 29.2 Å². The third-order valence-electron chi connectivity index (χ3n) is 1.52. The fraction of sp³-hybridized carbons (Fsp3) is 0.333. The van der Waals surface area contributed by atoms with Crippen LogP contribution in [0.3, 0.4) is 0 Å². The van der Waals surface area contributed by atoms with Crippen LogP contribution in [0.2, 0.25) is 0 Å². The molecular formula is C9H6F5S. The Labute approximate surface area is 87.5 Å². The molecule has 0 atom stereocenters. The first-order chi connectivity index (χ1) is 6.83. The van der Waals surface area contributed by atoms with E-state index in [2.05, 4.69) is 6.07 Å². The zero-order valence-electron chi connectivity index (χ0n) is 7.31. The molecule has 0 aliphatic rings. The van der Waals surface area contributed by atoms with Crippen molar-refractivity contribution < 1.29 is 22.0 Å². The molecular weight excluding hydrogens is 235 g/mol. The first kappa shape index (κ1) is 12.3. The van der Waals surface area contributed by atoms with Crippen LogP contribution in [-0.2, 0) is 0 Å². The average Bonchev–Trinajstić information content (AvgIpc) is 2.15. The van der Waals surface area contributed by atoms with Crippen LogP contribution in [0.4, 0.5) is 22.0 Å². The standard InChI is InChI=1S/C9H6F5S/c10-8(11,9(12,13)14)6-15-7-4-2-1-3-5-7/h2-5H,6H2. The minimum atomic E-state index is -5.49. The van der Waals surface area contributed by atoms with Crippen molar-refractivity contribution in [2.45, 2.75) is 17.0 Å². The number of hydrogen-bond acceptors (Lipinski definition) is 1. The predicted molar refractivity (Wildman–Crippen MR) is 47.0 cm³/mol. The van der Waals surface area contributed by atoms with Gasteiger partial charge in [-0.1, -0.05) is 12.1 Å². The predicted octanol–water partition coefficient (Wildman–Crippen LogP) is 3.78. The monoisotopic (exact) mass is 241 g/mol. The highest BCUT2D eigenvalue weighted by Gasteiger charge is 2.57. The van der Waals surface area contributed by atoms with Crippen LogP contribution < -0.4 is 0 Å². The van der Waals surface area contributed by atoms with Gasteiger partial charge >= 0.3 is 12.1 Å². The fourth-order valence-corrected chi connectivity index (χ4v) is 1.56. The molecule has 0 bridgehead atoms. The number of thioether (sulfide) groups is 1. The van der Waals surface area contributed by atoms with Crippen LogP contribution >= 0.6 is 11.8 Å². The molecule has 0 N–H and O–H groups in total. The summed E-state index contributed by atoms with van der Waals surface area (Å²) in [6.07, 6.45) is -5.49. The van der Waals surface area contributed by atoms with Crippen molar-refractivity contribution in [2.24, 2.45) is 0 Å². The Kier molecular flexibility index (Phi) is 3.59. The minimum Gasteiger partial charge on any atom is -0.195 e. The van der Waals surface area contributed by atoms with Gasteiger partial charge in [0.25, 0.3) is 0 Å². The van der Waals surface area contributed by atoms with E-state index < -0.39 is 17.9 Å². The van der Waals surface area contributed by atoms with Gasteiger partial charge in [-0.25, -0.2) is 0 Å². The molecule has 1 aromatic carbocycles. The first-order valence-electron chi connectivity index (χ1n) is 3.86. The smallest absolute Gasteiger partial charge is 0.195 e. The van der Waals surface area contributed by atoms with Gasteiger partial charge < -0.3 is 0 Å². The molecule has 1 rings (SSSR count). The molecule has 0 nitrogen and oxygen atoms in total. The third kappa shape index (κ3) is 3.37. The maximum Gasteiger partial charge on any atom is 0.454 e. The second-order valence-corrected chi connectivity index (χ2v) is 3.78. The summed E-state index contributed by atoms with van der Waals surface area (Å²) in [6.45, 7) is 0. The molecule has 0 aliphatic heterocycles. The zero-order valence-corrected chi connectivity index (χ0v) is 8.13. The van der Waals surface area contributed by atoms with Gasteiger partial charge in [-0.3, -0.25) is 0 Å². The molecule has 1 radical (unpaired) electrons.